The monoisotopic (exact) mass is 383 g/mol. The minimum Gasteiger partial charge on any atom is -0.497 e. The van der Waals surface area contributed by atoms with E-state index in [2.05, 4.69) is 11.9 Å². The van der Waals surface area contributed by atoms with Gasteiger partial charge in [0.25, 0.3) is 5.56 Å². The van der Waals surface area contributed by atoms with Crippen molar-refractivity contribution in [1.29, 1.82) is 5.26 Å². The van der Waals surface area contributed by atoms with Gasteiger partial charge in [0.2, 0.25) is 5.88 Å². The summed E-state index contributed by atoms with van der Waals surface area (Å²) in [5.74, 6) is 0.949. The fraction of sp³-hybridized carbons (Fsp3) is 0.381. The maximum atomic E-state index is 12.5. The number of methoxy groups -OCH3 is 2. The number of aliphatic imine (C=N–C) groups is 1. The number of rotatable bonds is 8. The molecule has 1 N–H and O–H groups in total. The van der Waals surface area contributed by atoms with Gasteiger partial charge in [0, 0.05) is 18.8 Å². The highest BCUT2D eigenvalue weighted by atomic mass is 16.5. The van der Waals surface area contributed by atoms with Gasteiger partial charge >= 0.3 is 0 Å². The molecular weight excluding hydrogens is 358 g/mol. The first kappa shape index (κ1) is 21.0. The summed E-state index contributed by atoms with van der Waals surface area (Å²) in [6.45, 7) is 4.02. The van der Waals surface area contributed by atoms with Gasteiger partial charge in [0.05, 0.1) is 19.8 Å². The smallest absolute Gasteiger partial charge is 0.271 e. The van der Waals surface area contributed by atoms with Crippen molar-refractivity contribution in [3.8, 4) is 23.4 Å². The fourth-order valence-corrected chi connectivity index (χ4v) is 2.88. The van der Waals surface area contributed by atoms with Crippen LogP contribution in [0.25, 0.3) is 0 Å². The Morgan fingerprint density at radius 2 is 2.04 bits per heavy atom. The summed E-state index contributed by atoms with van der Waals surface area (Å²) in [6.07, 6.45) is 4.08. The molecule has 0 aliphatic rings. The van der Waals surface area contributed by atoms with Crippen molar-refractivity contribution < 1.29 is 14.6 Å². The number of pyridine rings is 1. The van der Waals surface area contributed by atoms with Gasteiger partial charge in [-0.3, -0.25) is 14.4 Å². The third-order valence-corrected chi connectivity index (χ3v) is 4.55. The molecule has 1 aromatic heterocycles. The van der Waals surface area contributed by atoms with Gasteiger partial charge in [-0.05, 0) is 31.0 Å². The quantitative estimate of drug-likeness (QED) is 0.554. The zero-order valence-corrected chi connectivity index (χ0v) is 16.7. The molecule has 7 nitrogen and oxygen atoms in total. The van der Waals surface area contributed by atoms with E-state index in [-0.39, 0.29) is 11.4 Å². The molecule has 2 aromatic rings. The maximum Gasteiger partial charge on any atom is 0.271 e. The number of hydrogen-bond donors (Lipinski definition) is 1. The summed E-state index contributed by atoms with van der Waals surface area (Å²) in [5.41, 5.74) is 0.751. The highest BCUT2D eigenvalue weighted by Crippen LogP contribution is 2.32. The second-order valence-corrected chi connectivity index (χ2v) is 6.31. The summed E-state index contributed by atoms with van der Waals surface area (Å²) in [7, 11) is 3.09. The molecule has 0 aliphatic heterocycles. The lowest BCUT2D eigenvalue weighted by Gasteiger charge is -2.14. The number of nitriles is 1. The Balaban J connectivity index is 2.56. The SMILES string of the molecule is CCCCCn1c(O)c(C=Nc2cc(OC)ccc2OC)c(C)c(C#N)c1=O. The van der Waals surface area contributed by atoms with Crippen LogP contribution in [0.4, 0.5) is 5.69 Å². The first-order chi connectivity index (χ1) is 13.5. The molecule has 0 bridgehead atoms. The summed E-state index contributed by atoms with van der Waals surface area (Å²) in [5, 5.41) is 20.1. The number of nitrogens with zero attached hydrogens (tertiary/aromatic N) is 3. The van der Waals surface area contributed by atoms with Crippen LogP contribution in [-0.4, -0.2) is 30.1 Å². The predicted octanol–water partition coefficient (Wildman–Crippen LogP) is 3.69. The van der Waals surface area contributed by atoms with E-state index in [0.29, 0.717) is 34.9 Å². The molecule has 0 amide bonds. The van der Waals surface area contributed by atoms with E-state index in [4.69, 9.17) is 9.47 Å². The Hall–Kier alpha value is -3.27. The van der Waals surface area contributed by atoms with Gasteiger partial charge in [-0.25, -0.2) is 0 Å². The van der Waals surface area contributed by atoms with Crippen molar-refractivity contribution >= 4 is 11.9 Å². The van der Waals surface area contributed by atoms with Gasteiger partial charge in [0.1, 0.15) is 28.8 Å². The zero-order chi connectivity index (χ0) is 20.7. The largest absolute Gasteiger partial charge is 0.497 e. The third kappa shape index (κ3) is 4.34. The molecule has 7 heteroatoms. The van der Waals surface area contributed by atoms with Crippen LogP contribution in [0.15, 0.2) is 28.0 Å². The molecule has 0 atom stereocenters. The summed E-state index contributed by atoms with van der Waals surface area (Å²) >= 11 is 0. The molecule has 28 heavy (non-hydrogen) atoms. The first-order valence-corrected chi connectivity index (χ1v) is 9.11. The van der Waals surface area contributed by atoms with E-state index in [1.54, 1.807) is 32.2 Å². The van der Waals surface area contributed by atoms with Crippen LogP contribution in [0.3, 0.4) is 0 Å². The third-order valence-electron chi connectivity index (χ3n) is 4.55. The van der Waals surface area contributed by atoms with Crippen molar-refractivity contribution in [3.63, 3.8) is 0 Å². The molecule has 1 aromatic carbocycles. The number of benzene rings is 1. The minimum absolute atomic E-state index is 0.00774. The van der Waals surface area contributed by atoms with Gasteiger partial charge in [-0.2, -0.15) is 5.26 Å². The van der Waals surface area contributed by atoms with Gasteiger partial charge < -0.3 is 14.6 Å². The topological polar surface area (TPSA) is 96.8 Å². The number of ether oxygens (including phenoxy) is 2. The second kappa shape index (κ2) is 9.60. The fourth-order valence-electron chi connectivity index (χ4n) is 2.88. The molecule has 0 radical (unpaired) electrons. The van der Waals surface area contributed by atoms with E-state index in [9.17, 15) is 15.2 Å². The Kier molecular flexibility index (Phi) is 7.21. The number of unbranched alkanes of at least 4 members (excludes halogenated alkanes) is 2. The molecule has 1 heterocycles. The number of aromatic hydroxyl groups is 1. The Bertz CT molecular complexity index is 971. The summed E-state index contributed by atoms with van der Waals surface area (Å²) in [4.78, 5) is 17.0. The lowest BCUT2D eigenvalue weighted by Crippen LogP contribution is -2.25. The molecule has 148 valence electrons. The van der Waals surface area contributed by atoms with Gasteiger partial charge in [0.15, 0.2) is 0 Å². The van der Waals surface area contributed by atoms with Crippen molar-refractivity contribution in [2.45, 2.75) is 39.7 Å². The van der Waals surface area contributed by atoms with E-state index in [1.165, 1.54) is 17.9 Å². The van der Waals surface area contributed by atoms with Gasteiger partial charge in [-0.15, -0.1) is 0 Å². The van der Waals surface area contributed by atoms with Crippen molar-refractivity contribution in [2.24, 2.45) is 4.99 Å². The molecule has 0 saturated carbocycles. The lowest BCUT2D eigenvalue weighted by atomic mass is 10.1. The van der Waals surface area contributed by atoms with Crippen molar-refractivity contribution in [3.05, 3.63) is 45.2 Å². The van der Waals surface area contributed by atoms with E-state index in [0.717, 1.165) is 19.3 Å². The van der Waals surface area contributed by atoms with Crippen LogP contribution < -0.4 is 15.0 Å². The Labute approximate surface area is 164 Å². The number of hydrogen-bond acceptors (Lipinski definition) is 6. The van der Waals surface area contributed by atoms with E-state index < -0.39 is 5.56 Å². The van der Waals surface area contributed by atoms with E-state index >= 15 is 0 Å². The average molecular weight is 383 g/mol. The second-order valence-electron chi connectivity index (χ2n) is 6.31. The van der Waals surface area contributed by atoms with Crippen LogP contribution in [0, 0.1) is 18.3 Å². The Morgan fingerprint density at radius 3 is 2.64 bits per heavy atom. The van der Waals surface area contributed by atoms with Crippen LogP contribution in [0.2, 0.25) is 0 Å². The standard InChI is InChI=1S/C21H25N3O4/c1-5-6-7-10-24-20(25)16(12-22)14(2)17(21(24)26)13-23-18-11-15(27-3)8-9-19(18)28-4/h8-9,11,13,26H,5-7,10H2,1-4H3. The molecule has 2 rings (SSSR count). The average Bonchev–Trinajstić information content (AvgIpc) is 2.70. The van der Waals surface area contributed by atoms with Crippen LogP contribution in [-0.2, 0) is 6.54 Å². The summed E-state index contributed by atoms with van der Waals surface area (Å²) < 4.78 is 11.8. The van der Waals surface area contributed by atoms with Crippen LogP contribution in [0.1, 0.15) is 42.9 Å². The van der Waals surface area contributed by atoms with E-state index in [1.807, 2.05) is 6.07 Å². The molecule has 0 aliphatic carbocycles. The lowest BCUT2D eigenvalue weighted by molar-refractivity contribution is 0.398. The zero-order valence-electron chi connectivity index (χ0n) is 16.7. The molecule has 0 spiro atoms. The first-order valence-electron chi connectivity index (χ1n) is 9.11. The molecule has 0 fully saturated rings. The number of aromatic nitrogens is 1. The Morgan fingerprint density at radius 1 is 1.29 bits per heavy atom. The van der Waals surface area contributed by atoms with Crippen molar-refractivity contribution in [2.75, 3.05) is 14.2 Å². The highest BCUT2D eigenvalue weighted by Gasteiger charge is 2.18. The van der Waals surface area contributed by atoms with Crippen molar-refractivity contribution in [1.82, 2.24) is 4.57 Å². The predicted molar refractivity (Wildman–Crippen MR) is 108 cm³/mol. The van der Waals surface area contributed by atoms with Crippen LogP contribution in [0.5, 0.6) is 17.4 Å². The molecular formula is C21H25N3O4. The normalized spacial score (nSPS) is 10.8. The molecule has 0 unspecified atom stereocenters. The maximum absolute atomic E-state index is 12.5. The molecule has 0 saturated heterocycles. The van der Waals surface area contributed by atoms with Gasteiger partial charge in [-0.1, -0.05) is 19.8 Å². The summed E-state index contributed by atoms with van der Waals surface area (Å²) in [6, 6.07) is 7.13. The highest BCUT2D eigenvalue weighted by molar-refractivity contribution is 5.88. The van der Waals surface area contributed by atoms with Crippen LogP contribution >= 0.6 is 0 Å². The minimum atomic E-state index is -0.482.